The third-order valence-corrected chi connectivity index (χ3v) is 7.08. The summed E-state index contributed by atoms with van der Waals surface area (Å²) in [5, 5.41) is 14.4. The zero-order chi connectivity index (χ0) is 28.5. The van der Waals surface area contributed by atoms with Crippen LogP contribution in [0.2, 0.25) is 0 Å². The summed E-state index contributed by atoms with van der Waals surface area (Å²) in [6.45, 7) is -1.82. The highest BCUT2D eigenvalue weighted by molar-refractivity contribution is 7.10. The fourth-order valence-electron chi connectivity index (χ4n) is 3.99. The number of alkyl halides is 2. The smallest absolute Gasteiger partial charge is 0.345 e. The minimum atomic E-state index is -3.07. The van der Waals surface area contributed by atoms with Crippen LogP contribution in [0.1, 0.15) is 42.7 Å². The molecule has 1 unspecified atom stereocenters. The number of ether oxygens (including phenoxy) is 2. The molecule has 0 saturated carbocycles. The lowest BCUT2D eigenvalue weighted by molar-refractivity contribution is -0.160. The second-order valence-corrected chi connectivity index (χ2v) is 9.82. The zero-order valence-electron chi connectivity index (χ0n) is 21.1. The summed E-state index contributed by atoms with van der Waals surface area (Å²) in [5.74, 6) is -1.65. The fourth-order valence-corrected chi connectivity index (χ4v) is 4.90. The van der Waals surface area contributed by atoms with E-state index in [1.807, 2.05) is 0 Å². The maximum atomic E-state index is 13.0. The van der Waals surface area contributed by atoms with Crippen molar-refractivity contribution in [2.75, 3.05) is 19.7 Å². The van der Waals surface area contributed by atoms with Crippen molar-refractivity contribution < 1.29 is 37.0 Å². The Labute approximate surface area is 227 Å². The molecule has 0 radical (unpaired) electrons. The van der Waals surface area contributed by atoms with Crippen LogP contribution in [0, 0.1) is 11.2 Å². The van der Waals surface area contributed by atoms with Crippen molar-refractivity contribution in [1.29, 1.82) is 5.41 Å². The monoisotopic (exact) mass is 569 g/mol. The van der Waals surface area contributed by atoms with Gasteiger partial charge in [0.2, 0.25) is 17.7 Å². The van der Waals surface area contributed by atoms with Crippen LogP contribution in [0.15, 0.2) is 35.7 Å². The molecule has 1 aromatic heterocycles. The van der Waals surface area contributed by atoms with Gasteiger partial charge in [0.1, 0.15) is 23.4 Å². The zero-order valence-corrected chi connectivity index (χ0v) is 21.9. The summed E-state index contributed by atoms with van der Waals surface area (Å²) in [5.41, 5.74) is 5.99. The predicted molar refractivity (Wildman–Crippen MR) is 137 cm³/mol. The van der Waals surface area contributed by atoms with Gasteiger partial charge in [0.15, 0.2) is 0 Å². The van der Waals surface area contributed by atoms with Gasteiger partial charge in [0.25, 0.3) is 0 Å². The number of likely N-dealkylation sites (tertiary alicyclic amines) is 1. The highest BCUT2D eigenvalue weighted by Crippen LogP contribution is 2.26. The SMILES string of the molecule is CC(NC(=O)[C@@H]1C[C@@H](OC(F)F)CN1C(=O)CNC(=O)CCCOc1ccc(F)cc1)c1cc(C(=N)N)cs1. The average Bonchev–Trinajstić information content (AvgIpc) is 3.54. The van der Waals surface area contributed by atoms with Gasteiger partial charge in [0, 0.05) is 35.2 Å². The molecule has 212 valence electrons. The van der Waals surface area contributed by atoms with Gasteiger partial charge >= 0.3 is 6.61 Å². The van der Waals surface area contributed by atoms with E-state index in [9.17, 15) is 27.6 Å². The third-order valence-electron chi connectivity index (χ3n) is 5.96. The number of carbonyl (C=O) groups is 3. The number of amidine groups is 1. The Hall–Kier alpha value is -3.65. The van der Waals surface area contributed by atoms with Crippen LogP contribution in [0.5, 0.6) is 5.75 Å². The molecule has 0 spiro atoms. The molecule has 2 heterocycles. The molecule has 2 aromatic rings. The topological polar surface area (TPSA) is 147 Å². The molecule has 3 amide bonds. The van der Waals surface area contributed by atoms with Crippen LogP contribution in [0.3, 0.4) is 0 Å². The Balaban J connectivity index is 1.51. The summed E-state index contributed by atoms with van der Waals surface area (Å²) in [6, 6.07) is 5.54. The van der Waals surface area contributed by atoms with Crippen molar-refractivity contribution in [3.05, 3.63) is 52.0 Å². The van der Waals surface area contributed by atoms with E-state index in [1.54, 1.807) is 18.4 Å². The maximum absolute atomic E-state index is 13.0. The molecule has 1 aliphatic heterocycles. The number of amides is 3. The fraction of sp³-hybridized carbons (Fsp3) is 0.440. The first-order valence-electron chi connectivity index (χ1n) is 12.1. The maximum Gasteiger partial charge on any atom is 0.345 e. The summed E-state index contributed by atoms with van der Waals surface area (Å²) >= 11 is 1.29. The van der Waals surface area contributed by atoms with E-state index >= 15 is 0 Å². The summed E-state index contributed by atoms with van der Waals surface area (Å²) < 4.78 is 48.6. The van der Waals surface area contributed by atoms with Crippen molar-refractivity contribution >= 4 is 34.9 Å². The number of nitrogen functional groups attached to an aromatic ring is 1. The quantitative estimate of drug-likeness (QED) is 0.166. The van der Waals surface area contributed by atoms with Crippen molar-refractivity contribution in [3.63, 3.8) is 0 Å². The van der Waals surface area contributed by atoms with Gasteiger partial charge in [0.05, 0.1) is 25.3 Å². The van der Waals surface area contributed by atoms with E-state index in [0.29, 0.717) is 17.7 Å². The number of nitrogens with zero attached hydrogens (tertiary/aromatic N) is 1. The Morgan fingerprint density at radius 1 is 1.26 bits per heavy atom. The molecule has 0 aliphatic carbocycles. The lowest BCUT2D eigenvalue weighted by atomic mass is 10.1. The predicted octanol–water partition coefficient (Wildman–Crippen LogP) is 2.53. The molecule has 5 N–H and O–H groups in total. The Morgan fingerprint density at radius 3 is 2.62 bits per heavy atom. The molecule has 0 bridgehead atoms. The number of hydrogen-bond acceptors (Lipinski definition) is 7. The first kappa shape index (κ1) is 29.9. The van der Waals surface area contributed by atoms with Crippen LogP contribution >= 0.6 is 11.3 Å². The second kappa shape index (κ2) is 13.9. The first-order valence-corrected chi connectivity index (χ1v) is 13.0. The number of thiophene rings is 1. The number of nitrogens with one attached hydrogen (secondary N) is 3. The lowest BCUT2D eigenvalue weighted by Crippen LogP contribution is -2.49. The van der Waals surface area contributed by atoms with Crippen molar-refractivity contribution in [3.8, 4) is 5.75 Å². The second-order valence-electron chi connectivity index (χ2n) is 8.88. The van der Waals surface area contributed by atoms with E-state index in [2.05, 4.69) is 15.4 Å². The van der Waals surface area contributed by atoms with Gasteiger partial charge in [-0.2, -0.15) is 8.78 Å². The van der Waals surface area contributed by atoms with Gasteiger partial charge in [-0.1, -0.05) is 0 Å². The third kappa shape index (κ3) is 8.96. The first-order chi connectivity index (χ1) is 18.5. The Bertz CT molecular complexity index is 1160. The normalized spacial score (nSPS) is 17.6. The molecule has 39 heavy (non-hydrogen) atoms. The molecular formula is C25H30F3N5O5S. The Kier molecular flexibility index (Phi) is 10.7. The minimum absolute atomic E-state index is 0.0517. The molecule has 10 nitrogen and oxygen atoms in total. The molecule has 3 rings (SSSR count). The number of nitrogens with two attached hydrogens (primary N) is 1. The van der Waals surface area contributed by atoms with Crippen LogP contribution in [0.4, 0.5) is 13.2 Å². The molecule has 14 heteroatoms. The lowest BCUT2D eigenvalue weighted by Gasteiger charge is -2.25. The van der Waals surface area contributed by atoms with Crippen LogP contribution in [-0.2, 0) is 19.1 Å². The largest absolute Gasteiger partial charge is 0.494 e. The van der Waals surface area contributed by atoms with Crippen molar-refractivity contribution in [2.24, 2.45) is 5.73 Å². The minimum Gasteiger partial charge on any atom is -0.494 e. The van der Waals surface area contributed by atoms with Gasteiger partial charge in [-0.05, 0) is 43.7 Å². The average molecular weight is 570 g/mol. The molecule has 1 fully saturated rings. The van der Waals surface area contributed by atoms with Gasteiger partial charge in [-0.3, -0.25) is 19.8 Å². The molecule has 1 aliphatic rings. The van der Waals surface area contributed by atoms with Crippen LogP contribution in [0.25, 0.3) is 0 Å². The summed E-state index contributed by atoms with van der Waals surface area (Å²) in [4.78, 5) is 39.9. The molecule has 1 saturated heterocycles. The summed E-state index contributed by atoms with van der Waals surface area (Å²) in [6.07, 6.45) is -0.796. The van der Waals surface area contributed by atoms with Crippen molar-refractivity contribution in [1.82, 2.24) is 15.5 Å². The standard InChI is InChI=1S/C25H30F3N5O5S/c1-14(20-9-15(13-39-20)23(29)30)32-24(36)19-10-18(38-25(27)28)12-33(19)22(35)11-31-21(34)3-2-8-37-17-6-4-16(26)5-7-17/h4-7,9,13-14,18-19,25H,2-3,8,10-12H2,1H3,(H3,29,30)(H,31,34)(H,32,36)/t14?,18-,19+/m1/s1. The Morgan fingerprint density at radius 2 is 1.97 bits per heavy atom. The van der Waals surface area contributed by atoms with Gasteiger partial charge in [-0.15, -0.1) is 11.3 Å². The highest BCUT2D eigenvalue weighted by atomic mass is 32.1. The van der Waals surface area contributed by atoms with Gasteiger partial charge < -0.3 is 30.7 Å². The number of rotatable bonds is 13. The number of hydrogen-bond donors (Lipinski definition) is 4. The van der Waals surface area contributed by atoms with Crippen LogP contribution < -0.4 is 21.1 Å². The van der Waals surface area contributed by atoms with Crippen LogP contribution in [-0.4, -0.2) is 66.9 Å². The molecular weight excluding hydrogens is 539 g/mol. The van der Waals surface area contributed by atoms with E-state index in [0.717, 1.165) is 9.78 Å². The van der Waals surface area contributed by atoms with E-state index in [4.69, 9.17) is 15.9 Å². The van der Waals surface area contributed by atoms with Crippen molar-refractivity contribution in [2.45, 2.75) is 51.0 Å². The van der Waals surface area contributed by atoms with E-state index < -0.39 is 54.9 Å². The van der Waals surface area contributed by atoms with Gasteiger partial charge in [-0.25, -0.2) is 4.39 Å². The molecule has 1 aromatic carbocycles. The molecule has 3 atom stereocenters. The number of halogens is 3. The summed E-state index contributed by atoms with van der Waals surface area (Å²) in [7, 11) is 0. The van der Waals surface area contributed by atoms with E-state index in [1.165, 1.54) is 35.6 Å². The number of benzene rings is 1. The van der Waals surface area contributed by atoms with E-state index in [-0.39, 0.29) is 31.8 Å². The highest BCUT2D eigenvalue weighted by Gasteiger charge is 2.41. The number of carbonyl (C=O) groups excluding carboxylic acids is 3.